The van der Waals surface area contributed by atoms with E-state index in [1.165, 1.54) is 55.7 Å². The van der Waals surface area contributed by atoms with Crippen LogP contribution in [-0.2, 0) is 10.8 Å². The largest absolute Gasteiger partial charge is 0.458 e. The van der Waals surface area contributed by atoms with Crippen molar-refractivity contribution in [2.24, 2.45) is 0 Å². The number of ether oxygens (including phenoxy) is 1. The summed E-state index contributed by atoms with van der Waals surface area (Å²) >= 11 is 0. The van der Waals surface area contributed by atoms with Crippen molar-refractivity contribution in [3.05, 3.63) is 120 Å². The molecule has 0 aromatic heterocycles. The van der Waals surface area contributed by atoms with E-state index in [1.54, 1.807) is 0 Å². The first kappa shape index (κ1) is 23.6. The molecule has 0 atom stereocenters. The Hall–Kier alpha value is -4.24. The molecular weight excluding hydrogens is 485 g/mol. The van der Waals surface area contributed by atoms with Crippen LogP contribution in [-0.4, -0.2) is 6.71 Å². The van der Waals surface area contributed by atoms with Gasteiger partial charge in [0, 0.05) is 16.9 Å². The molecule has 40 heavy (non-hydrogen) atoms. The van der Waals surface area contributed by atoms with Crippen molar-refractivity contribution in [3.63, 3.8) is 0 Å². The molecule has 194 valence electrons. The summed E-state index contributed by atoms with van der Waals surface area (Å²) in [4.78, 5) is 2.51. The molecule has 0 bridgehead atoms. The minimum absolute atomic E-state index is 0.105. The minimum atomic E-state index is 0.105. The third-order valence-electron chi connectivity index (χ3n) is 9.31. The first-order valence-electron chi connectivity index (χ1n) is 14.4. The van der Waals surface area contributed by atoms with Crippen molar-refractivity contribution in [1.82, 2.24) is 0 Å². The summed E-state index contributed by atoms with van der Waals surface area (Å²) in [5.41, 5.74) is 13.1. The maximum atomic E-state index is 6.58. The number of benzene rings is 5. The lowest BCUT2D eigenvalue weighted by Gasteiger charge is -2.41. The Morgan fingerprint density at radius 2 is 1.25 bits per heavy atom. The van der Waals surface area contributed by atoms with Gasteiger partial charge in [0.25, 0.3) is 6.71 Å². The Bertz CT molecular complexity index is 1820. The quantitative estimate of drug-likeness (QED) is 0.218. The van der Waals surface area contributed by atoms with Gasteiger partial charge in [0.1, 0.15) is 11.5 Å². The van der Waals surface area contributed by atoms with E-state index in [1.807, 2.05) is 0 Å². The van der Waals surface area contributed by atoms with Crippen molar-refractivity contribution < 1.29 is 4.74 Å². The summed E-state index contributed by atoms with van der Waals surface area (Å²) in [5, 5.41) is 0. The Balaban J connectivity index is 1.48. The van der Waals surface area contributed by atoms with Crippen LogP contribution in [0.25, 0.3) is 11.1 Å². The van der Waals surface area contributed by atoms with Crippen LogP contribution in [0.1, 0.15) is 45.2 Å². The van der Waals surface area contributed by atoms with E-state index in [4.69, 9.17) is 4.74 Å². The number of rotatable bonds is 2. The molecule has 8 rings (SSSR count). The summed E-state index contributed by atoms with van der Waals surface area (Å²) in [7, 11) is 0. The van der Waals surface area contributed by atoms with Crippen molar-refractivity contribution in [1.29, 1.82) is 0 Å². The molecule has 0 unspecified atom stereocenters. The fraction of sp³-hybridized carbons (Fsp3) is 0.189. The average molecular weight is 517 g/mol. The average Bonchev–Trinajstić information content (AvgIpc) is 3.15. The van der Waals surface area contributed by atoms with Gasteiger partial charge in [-0.25, -0.2) is 0 Å². The molecule has 0 fully saturated rings. The summed E-state index contributed by atoms with van der Waals surface area (Å²) in [5.74, 6) is 1.91. The molecule has 3 aliphatic rings. The molecule has 2 heterocycles. The fourth-order valence-electron chi connectivity index (χ4n) is 7.88. The number of hydrogen-bond donors (Lipinski definition) is 0. The normalized spacial score (nSPS) is 16.9. The van der Waals surface area contributed by atoms with Crippen LogP contribution in [0.15, 0.2) is 109 Å². The highest BCUT2D eigenvalue weighted by molar-refractivity contribution is 6.99. The number of fused-ring (bicyclic) bond motifs is 5. The fourth-order valence-corrected chi connectivity index (χ4v) is 7.88. The van der Waals surface area contributed by atoms with E-state index >= 15 is 0 Å². The van der Waals surface area contributed by atoms with E-state index in [2.05, 4.69) is 142 Å². The monoisotopic (exact) mass is 517 g/mol. The van der Waals surface area contributed by atoms with Gasteiger partial charge in [-0.3, -0.25) is 0 Å². The zero-order valence-electron chi connectivity index (χ0n) is 23.5. The highest BCUT2D eigenvalue weighted by Gasteiger charge is 2.47. The van der Waals surface area contributed by atoms with Crippen LogP contribution < -0.4 is 26.0 Å². The number of nitrogens with zero attached hydrogens (tertiary/aromatic N) is 1. The molecular formula is C37H32BNO. The first-order chi connectivity index (χ1) is 19.3. The molecule has 0 saturated carbocycles. The maximum absolute atomic E-state index is 6.58. The lowest BCUT2D eigenvalue weighted by molar-refractivity contribution is 0.403. The van der Waals surface area contributed by atoms with Gasteiger partial charge in [-0.15, -0.1) is 0 Å². The predicted octanol–water partition coefficient (Wildman–Crippen LogP) is 7.72. The SMILES string of the molecule is CC1(C)CC(C)(C)c2cc3c(cc21)B1c2ccccc2Oc2cccc(c21)N3c1ccccc1-c1ccccc1. The van der Waals surface area contributed by atoms with Gasteiger partial charge in [-0.1, -0.05) is 107 Å². The van der Waals surface area contributed by atoms with Gasteiger partial charge in [0.05, 0.1) is 5.69 Å². The predicted molar refractivity (Wildman–Crippen MR) is 168 cm³/mol. The van der Waals surface area contributed by atoms with E-state index in [-0.39, 0.29) is 17.5 Å². The number of para-hydroxylation sites is 2. The molecule has 1 aliphatic carbocycles. The van der Waals surface area contributed by atoms with Crippen molar-refractivity contribution >= 4 is 40.2 Å². The second-order valence-corrected chi connectivity index (χ2v) is 12.9. The molecule has 5 aromatic rings. The third-order valence-corrected chi connectivity index (χ3v) is 9.31. The van der Waals surface area contributed by atoms with Crippen LogP contribution in [0.2, 0.25) is 0 Å². The number of hydrogen-bond acceptors (Lipinski definition) is 2. The second kappa shape index (κ2) is 8.14. The second-order valence-electron chi connectivity index (χ2n) is 12.9. The van der Waals surface area contributed by atoms with Crippen LogP contribution in [0, 0.1) is 0 Å². The molecule has 0 amide bonds. The van der Waals surface area contributed by atoms with Crippen LogP contribution in [0.5, 0.6) is 11.5 Å². The van der Waals surface area contributed by atoms with Gasteiger partial charge in [0.15, 0.2) is 0 Å². The maximum Gasteiger partial charge on any atom is 0.256 e. The molecule has 2 aliphatic heterocycles. The van der Waals surface area contributed by atoms with Crippen molar-refractivity contribution in [2.45, 2.75) is 44.9 Å². The van der Waals surface area contributed by atoms with Gasteiger partial charge in [-0.2, -0.15) is 0 Å². The smallest absolute Gasteiger partial charge is 0.256 e. The molecule has 0 N–H and O–H groups in total. The van der Waals surface area contributed by atoms with Crippen LogP contribution in [0.3, 0.4) is 0 Å². The highest BCUT2D eigenvalue weighted by Crippen LogP contribution is 2.52. The molecule has 2 nitrogen and oxygen atoms in total. The Kier molecular flexibility index (Phi) is 4.81. The zero-order chi connectivity index (χ0) is 27.2. The number of anilines is 3. The first-order valence-corrected chi connectivity index (χ1v) is 14.4. The Morgan fingerprint density at radius 1 is 0.600 bits per heavy atom. The van der Waals surface area contributed by atoms with Gasteiger partial charge in [-0.05, 0) is 80.7 Å². The van der Waals surface area contributed by atoms with Crippen molar-refractivity contribution in [3.8, 4) is 22.6 Å². The summed E-state index contributed by atoms with van der Waals surface area (Å²) in [6.45, 7) is 9.77. The summed E-state index contributed by atoms with van der Waals surface area (Å²) in [6, 6.07) is 39.8. The van der Waals surface area contributed by atoms with E-state index in [0.29, 0.717) is 0 Å². The lowest BCUT2D eigenvalue weighted by atomic mass is 9.34. The minimum Gasteiger partial charge on any atom is -0.458 e. The van der Waals surface area contributed by atoms with E-state index in [0.717, 1.165) is 17.9 Å². The van der Waals surface area contributed by atoms with Crippen LogP contribution in [0.4, 0.5) is 17.1 Å². The van der Waals surface area contributed by atoms with Gasteiger partial charge >= 0.3 is 0 Å². The van der Waals surface area contributed by atoms with E-state index in [9.17, 15) is 0 Å². The third kappa shape index (κ3) is 3.24. The van der Waals surface area contributed by atoms with Gasteiger partial charge < -0.3 is 9.64 Å². The standard InChI is InChI=1S/C37H32BNO/c1-36(2)23-37(3,4)27-22-32-29(21-26(27)36)38-28-16-9-11-19-33(28)40-34-20-12-18-31(35(34)38)39(32)30-17-10-8-15-25(30)24-13-6-5-7-14-24/h5-22H,23H2,1-4H3. The molecule has 3 heteroatoms. The molecule has 0 radical (unpaired) electrons. The molecule has 5 aromatic carbocycles. The van der Waals surface area contributed by atoms with Crippen LogP contribution >= 0.6 is 0 Å². The topological polar surface area (TPSA) is 12.5 Å². The molecule has 0 spiro atoms. The lowest BCUT2D eigenvalue weighted by Crippen LogP contribution is -2.59. The van der Waals surface area contributed by atoms with Gasteiger partial charge in [0.2, 0.25) is 0 Å². The highest BCUT2D eigenvalue weighted by atomic mass is 16.5. The summed E-state index contributed by atoms with van der Waals surface area (Å²) < 4.78 is 6.58. The molecule has 0 saturated heterocycles. The van der Waals surface area contributed by atoms with E-state index < -0.39 is 0 Å². The zero-order valence-corrected chi connectivity index (χ0v) is 23.5. The Labute approximate surface area is 237 Å². The summed E-state index contributed by atoms with van der Waals surface area (Å²) in [6.07, 6.45) is 1.14. The Morgan fingerprint density at radius 3 is 2.08 bits per heavy atom. The van der Waals surface area contributed by atoms with Crippen molar-refractivity contribution in [2.75, 3.05) is 4.90 Å².